The van der Waals surface area contributed by atoms with Crippen LogP contribution in [-0.4, -0.2) is 23.6 Å². The largest absolute Gasteiger partial charge is 0.466 e. The van der Waals surface area contributed by atoms with Gasteiger partial charge in [-0.3, -0.25) is 9.59 Å². The molecule has 0 spiro atoms. The molecule has 0 bridgehead atoms. The summed E-state index contributed by atoms with van der Waals surface area (Å²) < 4.78 is 5.13. The van der Waals surface area contributed by atoms with Crippen molar-refractivity contribution in [2.24, 2.45) is 5.92 Å². The van der Waals surface area contributed by atoms with Crippen molar-refractivity contribution in [1.82, 2.24) is 0 Å². The quantitative estimate of drug-likeness (QED) is 0.532. The second-order valence-electron chi connectivity index (χ2n) is 6.66. The Bertz CT molecular complexity index is 755. The normalized spacial score (nSPS) is 22.2. The van der Waals surface area contributed by atoms with E-state index in [4.69, 9.17) is 4.74 Å². The van der Waals surface area contributed by atoms with Crippen molar-refractivity contribution in [3.8, 4) is 0 Å². The number of ketones is 1. The van der Waals surface area contributed by atoms with Crippen LogP contribution in [0.4, 0.5) is 0 Å². The van der Waals surface area contributed by atoms with Gasteiger partial charge in [-0.05, 0) is 25.8 Å². The lowest BCUT2D eigenvalue weighted by atomic mass is 9.88. The number of carbonyl (C=O) groups excluding carboxylic acids is 2. The van der Waals surface area contributed by atoms with Crippen molar-refractivity contribution < 1.29 is 14.3 Å². The lowest BCUT2D eigenvalue weighted by molar-refractivity contribution is -0.143. The Hall–Kier alpha value is -2.07. The lowest BCUT2D eigenvalue weighted by Crippen LogP contribution is -2.25. The van der Waals surface area contributed by atoms with Gasteiger partial charge in [-0.15, -0.1) is 11.8 Å². The first-order valence-electron chi connectivity index (χ1n) is 9.05. The van der Waals surface area contributed by atoms with Gasteiger partial charge in [0.25, 0.3) is 0 Å². The Morgan fingerprint density at radius 3 is 2.42 bits per heavy atom. The van der Waals surface area contributed by atoms with Crippen molar-refractivity contribution in [1.29, 1.82) is 0 Å². The summed E-state index contributed by atoms with van der Waals surface area (Å²) in [6, 6.07) is 17.8. The predicted octanol–water partition coefficient (Wildman–Crippen LogP) is 4.99. The fourth-order valence-electron chi connectivity index (χ4n) is 3.41. The molecule has 0 aromatic heterocycles. The molecule has 0 amide bonds. The molecule has 1 fully saturated rings. The SMILES string of the molecule is CCOC(=O)C[C@H]1S[C@@H](c2ccc(C)cc2)C[C@@H]1C(=O)c1ccccc1. The van der Waals surface area contributed by atoms with Gasteiger partial charge in [0.2, 0.25) is 0 Å². The van der Waals surface area contributed by atoms with E-state index in [1.54, 1.807) is 18.7 Å². The van der Waals surface area contributed by atoms with Crippen molar-refractivity contribution in [3.63, 3.8) is 0 Å². The summed E-state index contributed by atoms with van der Waals surface area (Å²) in [6.45, 7) is 4.24. The molecule has 0 unspecified atom stereocenters. The Kier molecular flexibility index (Phi) is 6.15. The van der Waals surface area contributed by atoms with Crippen LogP contribution >= 0.6 is 11.8 Å². The molecule has 3 rings (SSSR count). The molecule has 1 aliphatic heterocycles. The molecule has 3 atom stereocenters. The fraction of sp³-hybridized carbons (Fsp3) is 0.364. The van der Waals surface area contributed by atoms with Crippen molar-refractivity contribution >= 4 is 23.5 Å². The third-order valence-electron chi connectivity index (χ3n) is 4.77. The standard InChI is InChI=1S/C22H24O3S/c1-3-25-21(23)14-20-18(22(24)17-7-5-4-6-8-17)13-19(26-20)16-11-9-15(2)10-12-16/h4-12,18-20H,3,13-14H2,1-2H3/t18-,19+,20+/m0/s1. The van der Waals surface area contributed by atoms with E-state index in [1.165, 1.54) is 11.1 Å². The van der Waals surface area contributed by atoms with Gasteiger partial charge in [-0.25, -0.2) is 0 Å². The van der Waals surface area contributed by atoms with Crippen LogP contribution in [0.1, 0.15) is 46.5 Å². The second-order valence-corrected chi connectivity index (χ2v) is 8.10. The topological polar surface area (TPSA) is 43.4 Å². The van der Waals surface area contributed by atoms with Crippen LogP contribution in [-0.2, 0) is 9.53 Å². The summed E-state index contributed by atoms with van der Waals surface area (Å²) in [6.07, 6.45) is 1.04. The van der Waals surface area contributed by atoms with Gasteiger partial charge in [-0.2, -0.15) is 0 Å². The molecule has 136 valence electrons. The molecule has 0 N–H and O–H groups in total. The molecule has 2 aromatic carbocycles. The Labute approximate surface area is 159 Å². The summed E-state index contributed by atoms with van der Waals surface area (Å²) in [7, 11) is 0. The number of aryl methyl sites for hydroxylation is 1. The molecule has 0 saturated carbocycles. The highest BCUT2D eigenvalue weighted by Crippen LogP contribution is 2.50. The summed E-state index contributed by atoms with van der Waals surface area (Å²) in [5, 5.41) is 0.181. The van der Waals surface area contributed by atoms with E-state index in [9.17, 15) is 9.59 Å². The fourth-order valence-corrected chi connectivity index (χ4v) is 5.12. The maximum Gasteiger partial charge on any atom is 0.306 e. The number of carbonyl (C=O) groups is 2. The number of ether oxygens (including phenoxy) is 1. The Morgan fingerprint density at radius 1 is 1.08 bits per heavy atom. The van der Waals surface area contributed by atoms with Gasteiger partial charge < -0.3 is 4.74 Å². The van der Waals surface area contributed by atoms with E-state index in [1.807, 2.05) is 30.3 Å². The highest BCUT2D eigenvalue weighted by Gasteiger charge is 2.41. The molecule has 0 aliphatic carbocycles. The summed E-state index contributed by atoms with van der Waals surface area (Å²) in [4.78, 5) is 25.1. The molecular weight excluding hydrogens is 344 g/mol. The zero-order chi connectivity index (χ0) is 18.5. The molecule has 1 saturated heterocycles. The van der Waals surface area contributed by atoms with Gasteiger partial charge in [0.1, 0.15) is 0 Å². The van der Waals surface area contributed by atoms with Crippen LogP contribution in [0.15, 0.2) is 54.6 Å². The van der Waals surface area contributed by atoms with Gasteiger partial charge in [-0.1, -0.05) is 60.2 Å². The Balaban J connectivity index is 1.82. The van der Waals surface area contributed by atoms with Crippen LogP contribution in [0.3, 0.4) is 0 Å². The van der Waals surface area contributed by atoms with E-state index in [-0.39, 0.29) is 34.6 Å². The number of esters is 1. The zero-order valence-electron chi connectivity index (χ0n) is 15.2. The van der Waals surface area contributed by atoms with E-state index >= 15 is 0 Å². The average Bonchev–Trinajstić information content (AvgIpc) is 3.06. The minimum absolute atomic E-state index is 0.0481. The maximum atomic E-state index is 13.1. The van der Waals surface area contributed by atoms with Crippen LogP contribution in [0.2, 0.25) is 0 Å². The molecule has 1 heterocycles. The highest BCUT2D eigenvalue weighted by atomic mass is 32.2. The maximum absolute atomic E-state index is 13.1. The molecule has 3 nitrogen and oxygen atoms in total. The van der Waals surface area contributed by atoms with Crippen molar-refractivity contribution in [3.05, 3.63) is 71.3 Å². The molecule has 26 heavy (non-hydrogen) atoms. The van der Waals surface area contributed by atoms with Gasteiger partial charge in [0.05, 0.1) is 13.0 Å². The second kappa shape index (κ2) is 8.54. The predicted molar refractivity (Wildman–Crippen MR) is 105 cm³/mol. The minimum Gasteiger partial charge on any atom is -0.466 e. The van der Waals surface area contributed by atoms with Crippen LogP contribution in [0.5, 0.6) is 0 Å². The van der Waals surface area contributed by atoms with Gasteiger partial charge in [0.15, 0.2) is 5.78 Å². The number of hydrogen-bond donors (Lipinski definition) is 0. The number of hydrogen-bond acceptors (Lipinski definition) is 4. The molecule has 0 radical (unpaired) electrons. The van der Waals surface area contributed by atoms with Gasteiger partial charge in [0, 0.05) is 22.0 Å². The molecule has 1 aliphatic rings. The molecular formula is C22H24O3S. The smallest absolute Gasteiger partial charge is 0.306 e. The lowest BCUT2D eigenvalue weighted by Gasteiger charge is -2.16. The number of benzene rings is 2. The first-order chi connectivity index (χ1) is 12.6. The van der Waals surface area contributed by atoms with E-state index in [2.05, 4.69) is 31.2 Å². The summed E-state index contributed by atoms with van der Waals surface area (Å²) in [5.41, 5.74) is 3.16. The zero-order valence-corrected chi connectivity index (χ0v) is 16.0. The first kappa shape index (κ1) is 18.7. The monoisotopic (exact) mass is 368 g/mol. The number of thioether (sulfide) groups is 1. The van der Waals surface area contributed by atoms with Crippen molar-refractivity contribution in [2.75, 3.05) is 6.61 Å². The van der Waals surface area contributed by atoms with E-state index < -0.39 is 0 Å². The number of Topliss-reactive ketones (excluding diaryl/α,β-unsaturated/α-hetero) is 1. The highest BCUT2D eigenvalue weighted by molar-refractivity contribution is 8.00. The number of rotatable bonds is 6. The molecule has 4 heteroatoms. The van der Waals surface area contributed by atoms with Crippen LogP contribution in [0, 0.1) is 12.8 Å². The third kappa shape index (κ3) is 4.36. The first-order valence-corrected chi connectivity index (χ1v) is 9.99. The van der Waals surface area contributed by atoms with Crippen LogP contribution in [0.25, 0.3) is 0 Å². The summed E-state index contributed by atoms with van der Waals surface area (Å²) in [5.74, 6) is -0.263. The average molecular weight is 368 g/mol. The minimum atomic E-state index is -0.222. The van der Waals surface area contributed by atoms with E-state index in [0.717, 1.165) is 12.0 Å². The summed E-state index contributed by atoms with van der Waals surface area (Å²) >= 11 is 1.73. The van der Waals surface area contributed by atoms with Crippen LogP contribution < -0.4 is 0 Å². The van der Waals surface area contributed by atoms with Gasteiger partial charge >= 0.3 is 5.97 Å². The van der Waals surface area contributed by atoms with Crippen molar-refractivity contribution in [2.45, 2.75) is 37.2 Å². The Morgan fingerprint density at radius 2 is 1.77 bits per heavy atom. The molecule has 2 aromatic rings. The third-order valence-corrected chi connectivity index (χ3v) is 6.41. The van der Waals surface area contributed by atoms with E-state index in [0.29, 0.717) is 6.61 Å².